The van der Waals surface area contributed by atoms with Crippen LogP contribution in [0, 0.1) is 5.92 Å². The number of nitrogens with one attached hydrogen (secondary N) is 1. The van der Waals surface area contributed by atoms with E-state index in [0.717, 1.165) is 11.9 Å². The molecule has 1 aromatic heterocycles. The van der Waals surface area contributed by atoms with Gasteiger partial charge in [0, 0.05) is 23.5 Å². The molecule has 0 radical (unpaired) electrons. The summed E-state index contributed by atoms with van der Waals surface area (Å²) in [6, 6.07) is 5.67. The Bertz CT molecular complexity index is 689. The first-order chi connectivity index (χ1) is 10.2. The molecule has 2 bridgehead atoms. The fraction of sp³-hybridized carbons (Fsp3) is 0.438. The molecule has 2 aromatic rings. The third kappa shape index (κ3) is 2.32. The molecule has 110 valence electrons. The number of hydrogen-bond donors (Lipinski definition) is 1. The van der Waals surface area contributed by atoms with Crippen LogP contribution in [0.15, 0.2) is 28.9 Å². The summed E-state index contributed by atoms with van der Waals surface area (Å²) in [5, 5.41) is 4.52. The maximum absolute atomic E-state index is 12.5. The van der Waals surface area contributed by atoms with Gasteiger partial charge in [-0.2, -0.15) is 0 Å². The maximum atomic E-state index is 12.5. The second-order valence-electron chi connectivity index (χ2n) is 6.01. The van der Waals surface area contributed by atoms with Gasteiger partial charge in [0.15, 0.2) is 0 Å². The van der Waals surface area contributed by atoms with Crippen molar-refractivity contribution >= 4 is 28.5 Å². The van der Waals surface area contributed by atoms with Crippen molar-refractivity contribution in [2.24, 2.45) is 5.92 Å². The predicted octanol–water partition coefficient (Wildman–Crippen LogP) is 2.91. The quantitative estimate of drug-likeness (QED) is 0.928. The van der Waals surface area contributed by atoms with Crippen molar-refractivity contribution in [3.63, 3.8) is 0 Å². The van der Waals surface area contributed by atoms with Crippen molar-refractivity contribution in [3.8, 4) is 0 Å². The summed E-state index contributed by atoms with van der Waals surface area (Å²) in [4.78, 5) is 14.9. The van der Waals surface area contributed by atoms with Crippen LogP contribution >= 0.6 is 11.6 Å². The number of piperidine rings is 3. The van der Waals surface area contributed by atoms with E-state index < -0.39 is 0 Å². The Morgan fingerprint density at radius 1 is 1.33 bits per heavy atom. The van der Waals surface area contributed by atoms with Crippen LogP contribution in [0.1, 0.15) is 23.2 Å². The lowest BCUT2D eigenvalue weighted by Gasteiger charge is -2.44. The van der Waals surface area contributed by atoms with Crippen molar-refractivity contribution in [3.05, 3.63) is 35.0 Å². The number of furan rings is 1. The van der Waals surface area contributed by atoms with Gasteiger partial charge in [0.25, 0.3) is 5.91 Å². The zero-order valence-corrected chi connectivity index (χ0v) is 12.4. The van der Waals surface area contributed by atoms with Gasteiger partial charge in [-0.25, -0.2) is 0 Å². The van der Waals surface area contributed by atoms with Crippen LogP contribution in [0.5, 0.6) is 0 Å². The molecule has 0 unspecified atom stereocenters. The monoisotopic (exact) mass is 304 g/mol. The van der Waals surface area contributed by atoms with Crippen LogP contribution in [0.25, 0.3) is 11.0 Å². The largest absolute Gasteiger partial charge is 0.463 e. The Morgan fingerprint density at radius 2 is 2.14 bits per heavy atom. The number of rotatable bonds is 2. The Kier molecular flexibility index (Phi) is 3.16. The van der Waals surface area contributed by atoms with E-state index in [0.29, 0.717) is 22.1 Å². The minimum absolute atomic E-state index is 0.0204. The number of hydrogen-bond acceptors (Lipinski definition) is 3. The summed E-state index contributed by atoms with van der Waals surface area (Å²) >= 11 is 6.06. The van der Waals surface area contributed by atoms with Crippen molar-refractivity contribution in [1.82, 2.24) is 10.2 Å². The molecule has 0 saturated carbocycles. The van der Waals surface area contributed by atoms with Gasteiger partial charge in [0.2, 0.25) is 0 Å². The molecule has 1 amide bonds. The predicted molar refractivity (Wildman–Crippen MR) is 81.6 cm³/mol. The minimum atomic E-state index is -0.0204. The van der Waals surface area contributed by atoms with E-state index >= 15 is 0 Å². The Morgan fingerprint density at radius 3 is 2.86 bits per heavy atom. The molecule has 3 aliphatic rings. The lowest BCUT2D eigenvalue weighted by Crippen LogP contribution is -2.57. The van der Waals surface area contributed by atoms with Crippen LogP contribution in [0.4, 0.5) is 0 Å². The summed E-state index contributed by atoms with van der Waals surface area (Å²) in [5.41, 5.74) is 1.35. The summed E-state index contributed by atoms with van der Waals surface area (Å²) < 4.78 is 5.30. The van der Waals surface area contributed by atoms with Crippen LogP contribution in [-0.4, -0.2) is 36.5 Å². The number of benzene rings is 1. The molecule has 3 fully saturated rings. The average molecular weight is 305 g/mol. The highest BCUT2D eigenvalue weighted by Crippen LogP contribution is 2.29. The summed E-state index contributed by atoms with van der Waals surface area (Å²) in [6.45, 7) is 3.33. The SMILES string of the molecule is O=C(N[C@H]1CN2CCC1CC2)c1ccc2occ(Cl)c2c1. The van der Waals surface area contributed by atoms with E-state index in [-0.39, 0.29) is 11.9 Å². The molecule has 4 nitrogen and oxygen atoms in total. The molecule has 1 N–H and O–H groups in total. The molecule has 3 saturated heterocycles. The zero-order valence-electron chi connectivity index (χ0n) is 11.6. The molecule has 0 aliphatic carbocycles. The number of carbonyl (C=O) groups excluding carboxylic acids is 1. The van der Waals surface area contributed by atoms with Gasteiger partial charge in [-0.1, -0.05) is 11.6 Å². The van der Waals surface area contributed by atoms with Crippen LogP contribution in [0.2, 0.25) is 5.02 Å². The van der Waals surface area contributed by atoms with Crippen LogP contribution in [-0.2, 0) is 0 Å². The zero-order chi connectivity index (χ0) is 14.4. The smallest absolute Gasteiger partial charge is 0.251 e. The first-order valence-corrected chi connectivity index (χ1v) is 7.78. The van der Waals surface area contributed by atoms with Crippen molar-refractivity contribution in [2.45, 2.75) is 18.9 Å². The van der Waals surface area contributed by atoms with Crippen molar-refractivity contribution in [1.29, 1.82) is 0 Å². The summed E-state index contributed by atoms with van der Waals surface area (Å²) in [5.74, 6) is 0.605. The van der Waals surface area contributed by atoms with E-state index in [2.05, 4.69) is 10.2 Å². The Labute approximate surface area is 128 Å². The number of halogens is 1. The number of amides is 1. The summed E-state index contributed by atoms with van der Waals surface area (Å²) in [7, 11) is 0. The van der Waals surface area contributed by atoms with Gasteiger partial charge < -0.3 is 14.6 Å². The second kappa shape index (κ2) is 5.04. The molecule has 5 rings (SSSR count). The molecule has 5 heteroatoms. The van der Waals surface area contributed by atoms with Crippen molar-refractivity contribution in [2.75, 3.05) is 19.6 Å². The van der Waals surface area contributed by atoms with E-state index in [9.17, 15) is 4.79 Å². The van der Waals surface area contributed by atoms with E-state index in [4.69, 9.17) is 16.0 Å². The highest BCUT2D eigenvalue weighted by Gasteiger charge is 2.34. The van der Waals surface area contributed by atoms with Gasteiger partial charge in [-0.3, -0.25) is 4.79 Å². The molecular weight excluding hydrogens is 288 g/mol. The van der Waals surface area contributed by atoms with Gasteiger partial charge in [-0.15, -0.1) is 0 Å². The van der Waals surface area contributed by atoms with E-state index in [1.54, 1.807) is 18.2 Å². The molecule has 21 heavy (non-hydrogen) atoms. The minimum Gasteiger partial charge on any atom is -0.463 e. The molecule has 1 aromatic carbocycles. The molecule has 0 spiro atoms. The number of fused-ring (bicyclic) bond motifs is 4. The van der Waals surface area contributed by atoms with E-state index in [1.165, 1.54) is 32.2 Å². The topological polar surface area (TPSA) is 45.5 Å². The fourth-order valence-electron chi connectivity index (χ4n) is 3.52. The van der Waals surface area contributed by atoms with Crippen molar-refractivity contribution < 1.29 is 9.21 Å². The fourth-order valence-corrected chi connectivity index (χ4v) is 3.71. The lowest BCUT2D eigenvalue weighted by molar-refractivity contribution is 0.0620. The van der Waals surface area contributed by atoms with Gasteiger partial charge in [0.05, 0.1) is 5.02 Å². The van der Waals surface area contributed by atoms with Gasteiger partial charge in [0.1, 0.15) is 11.8 Å². The molecule has 4 heterocycles. The first kappa shape index (κ1) is 13.2. The molecular formula is C16H17ClN2O2. The Balaban J connectivity index is 1.54. The highest BCUT2D eigenvalue weighted by molar-refractivity contribution is 6.35. The Hall–Kier alpha value is -1.52. The average Bonchev–Trinajstić information content (AvgIpc) is 2.89. The van der Waals surface area contributed by atoms with Crippen LogP contribution < -0.4 is 5.32 Å². The third-order valence-corrected chi connectivity index (χ3v) is 5.05. The van der Waals surface area contributed by atoms with Gasteiger partial charge in [-0.05, 0) is 50.0 Å². The van der Waals surface area contributed by atoms with Gasteiger partial charge >= 0.3 is 0 Å². The first-order valence-electron chi connectivity index (χ1n) is 7.41. The second-order valence-corrected chi connectivity index (χ2v) is 6.42. The standard InChI is InChI=1S/C16H17ClN2O2/c17-13-9-21-15-2-1-11(7-12(13)15)16(20)18-14-8-19-5-3-10(14)4-6-19/h1-2,7,9-10,14H,3-6,8H2,(H,18,20)/t14-/m0/s1. The normalized spacial score (nSPS) is 28.0. The van der Waals surface area contributed by atoms with E-state index in [1.807, 2.05) is 0 Å². The maximum Gasteiger partial charge on any atom is 0.251 e. The van der Waals surface area contributed by atoms with Crippen LogP contribution in [0.3, 0.4) is 0 Å². The number of nitrogens with zero attached hydrogens (tertiary/aromatic N) is 1. The third-order valence-electron chi connectivity index (χ3n) is 4.76. The number of carbonyl (C=O) groups is 1. The lowest BCUT2D eigenvalue weighted by atomic mass is 9.84. The highest BCUT2D eigenvalue weighted by atomic mass is 35.5. The summed E-state index contributed by atoms with van der Waals surface area (Å²) in [6.07, 6.45) is 3.89. The molecule has 3 aliphatic heterocycles. The molecule has 1 atom stereocenters.